The maximum atomic E-state index is 12.9. The SMILES string of the molecule is COc1c(Br)cc(-c2nc(C3CCN(C(=O)OC(C)(C)C)CC3)sc2CCl)cc1OC(F)(F)F. The summed E-state index contributed by atoms with van der Waals surface area (Å²) in [6, 6.07) is 2.87. The number of thiazole rings is 1. The zero-order valence-electron chi connectivity index (χ0n) is 19.1. The second-order valence-electron chi connectivity index (χ2n) is 8.74. The monoisotopic (exact) mass is 584 g/mol. The van der Waals surface area contributed by atoms with E-state index in [1.165, 1.54) is 24.5 Å². The lowest BCUT2D eigenvalue weighted by atomic mass is 9.98. The number of hydrogen-bond acceptors (Lipinski definition) is 6. The fourth-order valence-corrected chi connectivity index (χ4v) is 5.60. The van der Waals surface area contributed by atoms with Crippen LogP contribution < -0.4 is 9.47 Å². The minimum absolute atomic E-state index is 0.0709. The van der Waals surface area contributed by atoms with Gasteiger partial charge in [0.25, 0.3) is 0 Å². The summed E-state index contributed by atoms with van der Waals surface area (Å²) in [4.78, 5) is 19.5. The summed E-state index contributed by atoms with van der Waals surface area (Å²) in [6.45, 7) is 6.53. The number of aromatic nitrogens is 1. The van der Waals surface area contributed by atoms with Crippen LogP contribution in [0.4, 0.5) is 18.0 Å². The molecule has 0 unspecified atom stereocenters. The molecule has 1 fully saturated rings. The molecule has 1 aliphatic heterocycles. The van der Waals surface area contributed by atoms with Crippen LogP contribution >= 0.6 is 38.9 Å². The Labute approximate surface area is 213 Å². The molecule has 1 aromatic carbocycles. The molecule has 0 spiro atoms. The van der Waals surface area contributed by atoms with Gasteiger partial charge in [0.15, 0.2) is 11.5 Å². The fourth-order valence-electron chi connectivity index (χ4n) is 3.60. The van der Waals surface area contributed by atoms with E-state index in [0.717, 1.165) is 9.88 Å². The molecule has 1 saturated heterocycles. The van der Waals surface area contributed by atoms with E-state index in [-0.39, 0.29) is 23.6 Å². The number of benzene rings is 1. The number of carbonyl (C=O) groups is 1. The number of nitrogens with zero attached hydrogens (tertiary/aromatic N) is 2. The van der Waals surface area contributed by atoms with Crippen LogP contribution in [-0.2, 0) is 10.6 Å². The number of likely N-dealkylation sites (tertiary alicyclic amines) is 1. The van der Waals surface area contributed by atoms with E-state index < -0.39 is 17.7 Å². The number of halogens is 5. The Morgan fingerprint density at radius 1 is 1.26 bits per heavy atom. The van der Waals surface area contributed by atoms with Crippen LogP contribution in [0.5, 0.6) is 11.5 Å². The third-order valence-electron chi connectivity index (χ3n) is 5.04. The molecule has 1 aliphatic rings. The van der Waals surface area contributed by atoms with Crippen molar-refractivity contribution in [3.05, 3.63) is 26.5 Å². The van der Waals surface area contributed by atoms with Gasteiger partial charge in [-0.2, -0.15) is 0 Å². The molecule has 3 rings (SSSR count). The van der Waals surface area contributed by atoms with E-state index in [2.05, 4.69) is 20.7 Å². The van der Waals surface area contributed by atoms with E-state index in [4.69, 9.17) is 26.1 Å². The van der Waals surface area contributed by atoms with E-state index in [1.54, 1.807) is 11.0 Å². The molecule has 12 heteroatoms. The lowest BCUT2D eigenvalue weighted by Gasteiger charge is -2.32. The van der Waals surface area contributed by atoms with Gasteiger partial charge in [0.1, 0.15) is 5.60 Å². The summed E-state index contributed by atoms with van der Waals surface area (Å²) in [5.74, 6) is -0.284. The van der Waals surface area contributed by atoms with Crippen molar-refractivity contribution >= 4 is 45.0 Å². The lowest BCUT2D eigenvalue weighted by Crippen LogP contribution is -2.41. The Hall–Kier alpha value is -1.72. The third-order valence-corrected chi connectivity index (χ3v) is 7.28. The highest BCUT2D eigenvalue weighted by Gasteiger charge is 2.34. The number of rotatable bonds is 5. The van der Waals surface area contributed by atoms with Crippen molar-refractivity contribution in [1.82, 2.24) is 9.88 Å². The number of amides is 1. The second kappa shape index (κ2) is 10.5. The van der Waals surface area contributed by atoms with Crippen LogP contribution in [0.25, 0.3) is 11.3 Å². The smallest absolute Gasteiger partial charge is 0.492 e. The summed E-state index contributed by atoms with van der Waals surface area (Å²) in [6.07, 6.45) is -3.83. The van der Waals surface area contributed by atoms with E-state index in [0.29, 0.717) is 41.7 Å². The highest BCUT2D eigenvalue weighted by atomic mass is 79.9. The zero-order valence-corrected chi connectivity index (χ0v) is 22.3. The highest BCUT2D eigenvalue weighted by molar-refractivity contribution is 9.10. The van der Waals surface area contributed by atoms with Crippen LogP contribution in [0.3, 0.4) is 0 Å². The lowest BCUT2D eigenvalue weighted by molar-refractivity contribution is -0.275. The van der Waals surface area contributed by atoms with Crippen LogP contribution in [0.15, 0.2) is 16.6 Å². The molecule has 34 heavy (non-hydrogen) atoms. The molecule has 0 saturated carbocycles. The Morgan fingerprint density at radius 3 is 2.44 bits per heavy atom. The summed E-state index contributed by atoms with van der Waals surface area (Å²) >= 11 is 10.8. The number of ether oxygens (including phenoxy) is 3. The molecule has 1 aromatic heterocycles. The first kappa shape index (κ1) is 26.9. The molecule has 2 aromatic rings. The number of piperidine rings is 1. The Morgan fingerprint density at radius 2 is 1.91 bits per heavy atom. The Bertz CT molecular complexity index is 1030. The average Bonchev–Trinajstić information content (AvgIpc) is 3.16. The summed E-state index contributed by atoms with van der Waals surface area (Å²) in [7, 11) is 1.26. The van der Waals surface area contributed by atoms with Gasteiger partial charge < -0.3 is 19.1 Å². The van der Waals surface area contributed by atoms with E-state index in [1.807, 2.05) is 20.8 Å². The zero-order chi connectivity index (χ0) is 25.3. The van der Waals surface area contributed by atoms with Gasteiger partial charge in [0, 0.05) is 29.4 Å². The average molecular weight is 586 g/mol. The normalized spacial score (nSPS) is 15.4. The summed E-state index contributed by atoms with van der Waals surface area (Å²) < 4.78 is 53.8. The topological polar surface area (TPSA) is 60.9 Å². The molecule has 1 amide bonds. The predicted molar refractivity (Wildman–Crippen MR) is 128 cm³/mol. The molecule has 188 valence electrons. The van der Waals surface area contributed by atoms with Gasteiger partial charge in [0.2, 0.25) is 0 Å². The van der Waals surface area contributed by atoms with Crippen LogP contribution in [0, 0.1) is 0 Å². The summed E-state index contributed by atoms with van der Waals surface area (Å²) in [5.41, 5.74) is 0.366. The highest BCUT2D eigenvalue weighted by Crippen LogP contribution is 2.44. The van der Waals surface area contributed by atoms with Crippen molar-refractivity contribution in [2.75, 3.05) is 20.2 Å². The largest absolute Gasteiger partial charge is 0.573 e. The third kappa shape index (κ3) is 6.69. The molecule has 0 atom stereocenters. The number of hydrogen-bond donors (Lipinski definition) is 0. The minimum Gasteiger partial charge on any atom is -0.492 e. The first-order valence-electron chi connectivity index (χ1n) is 10.5. The van der Waals surface area contributed by atoms with Crippen molar-refractivity contribution in [1.29, 1.82) is 0 Å². The fraction of sp³-hybridized carbons (Fsp3) is 0.545. The first-order chi connectivity index (χ1) is 15.8. The molecule has 0 bridgehead atoms. The molecular weight excluding hydrogens is 561 g/mol. The van der Waals surface area contributed by atoms with Gasteiger partial charge in [-0.25, -0.2) is 9.78 Å². The second-order valence-corrected chi connectivity index (χ2v) is 11.0. The predicted octanol–water partition coefficient (Wildman–Crippen LogP) is 7.33. The van der Waals surface area contributed by atoms with Gasteiger partial charge in [-0.15, -0.1) is 36.1 Å². The minimum atomic E-state index is -4.88. The number of carbonyl (C=O) groups excluding carboxylic acids is 1. The van der Waals surface area contributed by atoms with Gasteiger partial charge in [-0.05, 0) is 61.7 Å². The quantitative estimate of drug-likeness (QED) is 0.344. The first-order valence-corrected chi connectivity index (χ1v) is 12.6. The van der Waals surface area contributed by atoms with E-state index in [9.17, 15) is 18.0 Å². The number of methoxy groups -OCH3 is 1. The van der Waals surface area contributed by atoms with E-state index >= 15 is 0 Å². The van der Waals surface area contributed by atoms with Gasteiger partial charge in [-0.1, -0.05) is 0 Å². The molecule has 0 radical (unpaired) electrons. The van der Waals surface area contributed by atoms with Gasteiger partial charge in [0.05, 0.1) is 28.2 Å². The standard InChI is InChI=1S/C22H25BrClF3N2O4S/c1-21(2,3)33-20(30)29-7-5-12(6-8-29)19-28-17(16(11-24)34-19)13-9-14(23)18(31-4)15(10-13)32-22(25,26)27/h9-10,12H,5-8,11H2,1-4H3. The van der Waals surface area contributed by atoms with Gasteiger partial charge in [-0.3, -0.25) is 0 Å². The molecule has 0 N–H and O–H groups in total. The van der Waals surface area contributed by atoms with Crippen molar-refractivity contribution in [3.63, 3.8) is 0 Å². The maximum Gasteiger partial charge on any atom is 0.573 e. The van der Waals surface area contributed by atoms with Crippen LogP contribution in [0.1, 0.15) is 49.4 Å². The van der Waals surface area contributed by atoms with Crippen molar-refractivity contribution < 1.29 is 32.2 Å². The molecule has 2 heterocycles. The Kier molecular flexibility index (Phi) is 8.29. The molecule has 0 aliphatic carbocycles. The Balaban J connectivity index is 1.84. The van der Waals surface area contributed by atoms with Crippen molar-refractivity contribution in [3.8, 4) is 22.8 Å². The molecular formula is C22H25BrClF3N2O4S. The van der Waals surface area contributed by atoms with Crippen molar-refractivity contribution in [2.45, 2.75) is 57.4 Å². The van der Waals surface area contributed by atoms with Gasteiger partial charge >= 0.3 is 12.5 Å². The van der Waals surface area contributed by atoms with Crippen LogP contribution in [-0.4, -0.2) is 48.1 Å². The maximum absolute atomic E-state index is 12.9. The van der Waals surface area contributed by atoms with Crippen molar-refractivity contribution in [2.24, 2.45) is 0 Å². The number of alkyl halides is 4. The summed E-state index contributed by atoms with van der Waals surface area (Å²) in [5, 5.41) is 0.833. The van der Waals surface area contributed by atoms with Crippen LogP contribution in [0.2, 0.25) is 0 Å². The molecule has 6 nitrogen and oxygen atoms in total.